The zero-order valence-corrected chi connectivity index (χ0v) is 21.0. The molecule has 1 fully saturated rings. The molecule has 2 aromatic rings. The zero-order valence-electron chi connectivity index (χ0n) is 20.3. The number of amidine groups is 2. The van der Waals surface area contributed by atoms with Crippen molar-refractivity contribution in [3.63, 3.8) is 0 Å². The number of nitrogens with one attached hydrogen (secondary N) is 3. The third kappa shape index (κ3) is 5.23. The molecule has 0 radical (unpaired) electrons. The Balaban J connectivity index is 1.77. The number of anilines is 1. The lowest BCUT2D eigenvalue weighted by Crippen LogP contribution is -2.46. The van der Waals surface area contributed by atoms with Gasteiger partial charge in [0.25, 0.3) is 0 Å². The van der Waals surface area contributed by atoms with Crippen molar-refractivity contribution < 1.29 is 9.53 Å². The number of carbonyl (C=O) groups is 1. The standard InChI is InChI=1S/C26H31ClN6O2/c1-16(28)33-23-9-8-20(35-3)14-21(23)25(17-4-6-18(27)7-5-17)31-22(26(33)29)15-24(34)32-12-10-19(30-2)11-13-32/h4-9,14,19,22,28-30H,10-13,15H2,1-3H3/t22-/m0/s1. The van der Waals surface area contributed by atoms with Crippen LogP contribution in [0.2, 0.25) is 5.02 Å². The van der Waals surface area contributed by atoms with Crippen molar-refractivity contribution in [1.29, 1.82) is 10.8 Å². The van der Waals surface area contributed by atoms with Crippen LogP contribution in [0.15, 0.2) is 47.5 Å². The van der Waals surface area contributed by atoms with E-state index in [1.807, 2.05) is 36.2 Å². The molecule has 4 rings (SSSR count). The van der Waals surface area contributed by atoms with Gasteiger partial charge in [-0.25, -0.2) is 0 Å². The molecule has 0 unspecified atom stereocenters. The summed E-state index contributed by atoms with van der Waals surface area (Å²) >= 11 is 6.14. The summed E-state index contributed by atoms with van der Waals surface area (Å²) in [5.74, 6) is 0.897. The van der Waals surface area contributed by atoms with Crippen molar-refractivity contribution in [1.82, 2.24) is 10.2 Å². The fourth-order valence-corrected chi connectivity index (χ4v) is 4.77. The Hall–Kier alpha value is -3.23. The van der Waals surface area contributed by atoms with E-state index in [1.54, 1.807) is 37.1 Å². The molecule has 1 atom stereocenters. The summed E-state index contributed by atoms with van der Waals surface area (Å²) in [4.78, 5) is 21.7. The molecule has 0 bridgehead atoms. The Morgan fingerprint density at radius 1 is 1.20 bits per heavy atom. The van der Waals surface area contributed by atoms with Crippen LogP contribution in [-0.2, 0) is 4.79 Å². The van der Waals surface area contributed by atoms with E-state index in [-0.39, 0.29) is 24.0 Å². The second-order valence-electron chi connectivity index (χ2n) is 8.84. The number of piperidine rings is 1. The van der Waals surface area contributed by atoms with Gasteiger partial charge in [0.15, 0.2) is 0 Å². The molecule has 0 saturated carbocycles. The monoisotopic (exact) mass is 494 g/mol. The molecule has 1 saturated heterocycles. The lowest BCUT2D eigenvalue weighted by molar-refractivity contribution is -0.132. The minimum absolute atomic E-state index is 0.0281. The van der Waals surface area contributed by atoms with Crippen molar-refractivity contribution in [2.24, 2.45) is 4.99 Å². The van der Waals surface area contributed by atoms with Crippen LogP contribution in [0.5, 0.6) is 5.75 Å². The SMILES string of the molecule is CNC1CCN(C(=O)C[C@@H]2N=C(c3ccc(Cl)cc3)c3cc(OC)ccc3N(C(C)=N)C2=N)CC1. The van der Waals surface area contributed by atoms with E-state index in [0.29, 0.717) is 41.3 Å². The predicted octanol–water partition coefficient (Wildman–Crippen LogP) is 3.95. The molecule has 2 aliphatic heterocycles. The first-order valence-corrected chi connectivity index (χ1v) is 12.1. The Morgan fingerprint density at radius 3 is 2.49 bits per heavy atom. The minimum Gasteiger partial charge on any atom is -0.497 e. The second kappa shape index (κ2) is 10.6. The van der Waals surface area contributed by atoms with Gasteiger partial charge in [-0.1, -0.05) is 23.7 Å². The summed E-state index contributed by atoms with van der Waals surface area (Å²) in [5, 5.41) is 21.3. The maximum absolute atomic E-state index is 13.3. The number of hydrogen-bond acceptors (Lipinski definition) is 6. The molecular formula is C26H31ClN6O2. The van der Waals surface area contributed by atoms with Crippen LogP contribution in [0.1, 0.15) is 37.3 Å². The summed E-state index contributed by atoms with van der Waals surface area (Å²) in [6, 6.07) is 12.5. The smallest absolute Gasteiger partial charge is 0.225 e. The molecule has 35 heavy (non-hydrogen) atoms. The van der Waals surface area contributed by atoms with Gasteiger partial charge in [-0.15, -0.1) is 0 Å². The lowest BCUT2D eigenvalue weighted by atomic mass is 9.99. The number of nitrogens with zero attached hydrogens (tertiary/aromatic N) is 3. The number of rotatable bonds is 5. The minimum atomic E-state index is -0.742. The first-order chi connectivity index (χ1) is 16.8. The van der Waals surface area contributed by atoms with Crippen molar-refractivity contribution in [2.75, 3.05) is 32.1 Å². The molecule has 9 heteroatoms. The normalized spacial score (nSPS) is 18.6. The lowest BCUT2D eigenvalue weighted by Gasteiger charge is -2.33. The second-order valence-corrected chi connectivity index (χ2v) is 9.27. The van der Waals surface area contributed by atoms with Gasteiger partial charge in [-0.3, -0.25) is 25.5 Å². The Bertz CT molecular complexity index is 1150. The number of halogens is 1. The molecule has 1 amide bonds. The van der Waals surface area contributed by atoms with Crippen molar-refractivity contribution >= 4 is 40.6 Å². The van der Waals surface area contributed by atoms with Gasteiger partial charge < -0.3 is 15.0 Å². The van der Waals surface area contributed by atoms with Crippen LogP contribution < -0.4 is 15.0 Å². The average Bonchev–Trinajstić information content (AvgIpc) is 2.98. The number of hydrogen-bond donors (Lipinski definition) is 3. The van der Waals surface area contributed by atoms with Crippen molar-refractivity contribution in [3.05, 3.63) is 58.6 Å². The van der Waals surface area contributed by atoms with Crippen molar-refractivity contribution in [3.8, 4) is 5.75 Å². The molecule has 2 aromatic carbocycles. The van der Waals surface area contributed by atoms with Gasteiger partial charge in [0.05, 0.1) is 24.9 Å². The molecule has 3 N–H and O–H groups in total. The van der Waals surface area contributed by atoms with Crippen LogP contribution in [0, 0.1) is 10.8 Å². The third-order valence-corrected chi connectivity index (χ3v) is 6.87. The largest absolute Gasteiger partial charge is 0.497 e. The highest BCUT2D eigenvalue weighted by Gasteiger charge is 2.34. The number of fused-ring (bicyclic) bond motifs is 1. The fraction of sp³-hybridized carbons (Fsp3) is 0.385. The van der Waals surface area contributed by atoms with E-state index in [9.17, 15) is 4.79 Å². The summed E-state index contributed by atoms with van der Waals surface area (Å²) in [6.07, 6.45) is 1.87. The number of carbonyl (C=O) groups excluding carboxylic acids is 1. The van der Waals surface area contributed by atoms with Crippen molar-refractivity contribution in [2.45, 2.75) is 38.3 Å². The number of aliphatic imine (C=N–C) groups is 1. The Labute approximate surface area is 210 Å². The molecule has 2 heterocycles. The van der Waals surface area contributed by atoms with Gasteiger partial charge in [-0.05, 0) is 57.1 Å². The van der Waals surface area contributed by atoms with Gasteiger partial charge in [0.2, 0.25) is 5.91 Å². The quantitative estimate of drug-likeness (QED) is 0.432. The number of amides is 1. The summed E-state index contributed by atoms with van der Waals surface area (Å²) in [5.41, 5.74) is 2.83. The fourth-order valence-electron chi connectivity index (χ4n) is 4.65. The molecule has 184 valence electrons. The van der Waals surface area contributed by atoms with E-state index in [1.165, 1.54) is 0 Å². The topological polar surface area (TPSA) is 105 Å². The highest BCUT2D eigenvalue weighted by Crippen LogP contribution is 2.33. The highest BCUT2D eigenvalue weighted by atomic mass is 35.5. The zero-order chi connectivity index (χ0) is 25.1. The summed E-state index contributed by atoms with van der Waals surface area (Å²) in [7, 11) is 3.54. The van der Waals surface area contributed by atoms with Gasteiger partial charge in [0, 0.05) is 35.3 Å². The van der Waals surface area contributed by atoms with Crippen LogP contribution >= 0.6 is 11.6 Å². The molecule has 0 aromatic heterocycles. The van der Waals surface area contributed by atoms with Crippen LogP contribution in [-0.4, -0.2) is 67.5 Å². The van der Waals surface area contributed by atoms with E-state index >= 15 is 0 Å². The average molecular weight is 495 g/mol. The Morgan fingerprint density at radius 2 is 1.89 bits per heavy atom. The Kier molecular flexibility index (Phi) is 7.52. The molecule has 0 aliphatic carbocycles. The van der Waals surface area contributed by atoms with Gasteiger partial charge in [0.1, 0.15) is 23.5 Å². The molecule has 8 nitrogen and oxygen atoms in total. The molecule has 2 aliphatic rings. The number of benzene rings is 2. The maximum Gasteiger partial charge on any atom is 0.225 e. The molecular weight excluding hydrogens is 464 g/mol. The van der Waals surface area contributed by atoms with E-state index in [0.717, 1.165) is 24.0 Å². The van der Waals surface area contributed by atoms with Gasteiger partial charge in [-0.2, -0.15) is 0 Å². The molecule has 0 spiro atoms. The predicted molar refractivity (Wildman–Crippen MR) is 141 cm³/mol. The number of likely N-dealkylation sites (tertiary alicyclic amines) is 1. The summed E-state index contributed by atoms with van der Waals surface area (Å²) < 4.78 is 5.47. The van der Waals surface area contributed by atoms with Crippen LogP contribution in [0.3, 0.4) is 0 Å². The van der Waals surface area contributed by atoms with Gasteiger partial charge >= 0.3 is 0 Å². The van der Waals surface area contributed by atoms with E-state index < -0.39 is 6.04 Å². The summed E-state index contributed by atoms with van der Waals surface area (Å²) in [6.45, 7) is 3.00. The maximum atomic E-state index is 13.3. The number of methoxy groups -OCH3 is 1. The van der Waals surface area contributed by atoms with Crippen LogP contribution in [0.25, 0.3) is 0 Å². The van der Waals surface area contributed by atoms with E-state index in [2.05, 4.69) is 5.32 Å². The highest BCUT2D eigenvalue weighted by molar-refractivity contribution is 6.31. The van der Waals surface area contributed by atoms with Crippen LogP contribution in [0.4, 0.5) is 5.69 Å². The van der Waals surface area contributed by atoms with E-state index in [4.69, 9.17) is 32.1 Å². The number of benzodiazepines with no additional fused rings is 1. The first kappa shape index (κ1) is 24.9. The third-order valence-electron chi connectivity index (χ3n) is 6.62. The first-order valence-electron chi connectivity index (χ1n) is 11.7. The number of ether oxygens (including phenoxy) is 1.